The van der Waals surface area contributed by atoms with Crippen LogP contribution in [0, 0.1) is 20.8 Å². The molecule has 1 aromatic heterocycles. The van der Waals surface area contributed by atoms with E-state index in [4.69, 9.17) is 4.74 Å². The Morgan fingerprint density at radius 2 is 1.62 bits per heavy atom. The van der Waals surface area contributed by atoms with Gasteiger partial charge in [-0.1, -0.05) is 44.5 Å². The van der Waals surface area contributed by atoms with Gasteiger partial charge in [-0.25, -0.2) is 4.57 Å². The number of hydrogen-bond donors (Lipinski definition) is 0. The molecule has 2 heterocycles. The van der Waals surface area contributed by atoms with E-state index in [1.807, 2.05) is 0 Å². The van der Waals surface area contributed by atoms with Crippen molar-refractivity contribution in [3.05, 3.63) is 64.8 Å². The number of fused-ring (bicyclic) bond motifs is 3. The Kier molecular flexibility index (Phi) is 3.65. The second kappa shape index (κ2) is 5.82. The Hall–Kier alpha value is -2.87. The Bertz CT molecular complexity index is 1340. The van der Waals surface area contributed by atoms with Gasteiger partial charge < -0.3 is 4.74 Å². The zero-order chi connectivity index (χ0) is 20.7. The molecular formula is C27H28NO+. The summed E-state index contributed by atoms with van der Waals surface area (Å²) in [7, 11) is 2.14. The molecule has 2 nitrogen and oxygen atoms in total. The fourth-order valence-corrected chi connectivity index (χ4v) is 4.71. The summed E-state index contributed by atoms with van der Waals surface area (Å²) in [4.78, 5) is 0. The van der Waals surface area contributed by atoms with E-state index < -0.39 is 0 Å². The van der Waals surface area contributed by atoms with Crippen LogP contribution in [-0.4, -0.2) is 0 Å². The summed E-state index contributed by atoms with van der Waals surface area (Å²) in [6.07, 6.45) is 2.18. The monoisotopic (exact) mass is 382 g/mol. The number of nitrogens with zero attached hydrogens (tertiary/aromatic N) is 1. The first-order chi connectivity index (χ1) is 13.7. The van der Waals surface area contributed by atoms with Crippen LogP contribution in [-0.2, 0) is 12.5 Å². The van der Waals surface area contributed by atoms with Crippen LogP contribution in [0.2, 0.25) is 0 Å². The fraction of sp³-hybridized carbons (Fsp3) is 0.296. The van der Waals surface area contributed by atoms with Crippen LogP contribution in [0.4, 0.5) is 0 Å². The lowest BCUT2D eigenvalue weighted by Crippen LogP contribution is -2.32. The first-order valence-corrected chi connectivity index (χ1v) is 10.4. The zero-order valence-electron chi connectivity index (χ0n) is 18.4. The highest BCUT2D eigenvalue weighted by Gasteiger charge is 2.32. The van der Waals surface area contributed by atoms with E-state index >= 15 is 0 Å². The molecule has 0 spiro atoms. The number of ether oxygens (including phenoxy) is 1. The summed E-state index contributed by atoms with van der Waals surface area (Å²) in [5.74, 6) is 1.97. The van der Waals surface area contributed by atoms with Gasteiger partial charge in [-0.3, -0.25) is 0 Å². The molecule has 0 saturated heterocycles. The van der Waals surface area contributed by atoms with Gasteiger partial charge in [-0.05, 0) is 65.6 Å². The van der Waals surface area contributed by atoms with E-state index in [0.29, 0.717) is 0 Å². The van der Waals surface area contributed by atoms with Crippen LogP contribution in [0.3, 0.4) is 0 Å². The summed E-state index contributed by atoms with van der Waals surface area (Å²) in [6, 6.07) is 13.5. The maximum absolute atomic E-state index is 6.69. The van der Waals surface area contributed by atoms with Crippen LogP contribution < -0.4 is 9.30 Å². The molecule has 0 atom stereocenters. The molecule has 0 unspecified atom stereocenters. The van der Waals surface area contributed by atoms with Gasteiger partial charge in [0.05, 0.1) is 10.9 Å². The lowest BCUT2D eigenvalue weighted by molar-refractivity contribution is -0.659. The number of pyridine rings is 1. The lowest BCUT2D eigenvalue weighted by atomic mass is 9.83. The fourth-order valence-electron chi connectivity index (χ4n) is 4.71. The number of benzene rings is 3. The molecule has 0 radical (unpaired) electrons. The van der Waals surface area contributed by atoms with Crippen molar-refractivity contribution in [3.8, 4) is 22.8 Å². The minimum Gasteiger partial charge on any atom is -0.455 e. The topological polar surface area (TPSA) is 13.1 Å². The average Bonchev–Trinajstić information content (AvgIpc) is 2.67. The van der Waals surface area contributed by atoms with Gasteiger partial charge in [0.15, 0.2) is 6.20 Å². The quantitative estimate of drug-likeness (QED) is 0.268. The Morgan fingerprint density at radius 1 is 0.862 bits per heavy atom. The van der Waals surface area contributed by atoms with E-state index in [1.165, 1.54) is 55.1 Å². The third kappa shape index (κ3) is 2.51. The van der Waals surface area contributed by atoms with Gasteiger partial charge >= 0.3 is 0 Å². The van der Waals surface area contributed by atoms with E-state index in [-0.39, 0.29) is 5.41 Å². The van der Waals surface area contributed by atoms with Crippen molar-refractivity contribution in [3.63, 3.8) is 0 Å². The van der Waals surface area contributed by atoms with E-state index in [1.54, 1.807) is 0 Å². The summed E-state index contributed by atoms with van der Waals surface area (Å²) < 4.78 is 8.93. The summed E-state index contributed by atoms with van der Waals surface area (Å²) in [5, 5.41) is 5.05. The molecular weight excluding hydrogens is 354 g/mol. The molecule has 0 amide bonds. The molecule has 1 aliphatic rings. The average molecular weight is 383 g/mol. The molecule has 0 saturated carbocycles. The van der Waals surface area contributed by atoms with Crippen LogP contribution in [0.25, 0.3) is 32.8 Å². The van der Waals surface area contributed by atoms with Gasteiger partial charge in [0, 0.05) is 11.6 Å². The molecule has 5 rings (SSSR count). The second-order valence-corrected chi connectivity index (χ2v) is 9.57. The number of aryl methyl sites for hydroxylation is 4. The van der Waals surface area contributed by atoms with Gasteiger partial charge in [0.2, 0.25) is 5.69 Å². The molecule has 1 aliphatic heterocycles. The molecule has 3 aromatic carbocycles. The summed E-state index contributed by atoms with van der Waals surface area (Å²) >= 11 is 0. The highest BCUT2D eigenvalue weighted by molar-refractivity contribution is 6.06. The van der Waals surface area contributed by atoms with Crippen molar-refractivity contribution >= 4 is 21.5 Å². The van der Waals surface area contributed by atoms with Crippen molar-refractivity contribution in [1.29, 1.82) is 0 Å². The van der Waals surface area contributed by atoms with Gasteiger partial charge in [0.1, 0.15) is 18.5 Å². The molecule has 0 bridgehead atoms. The smallest absolute Gasteiger partial charge is 0.228 e. The molecule has 0 fully saturated rings. The maximum atomic E-state index is 6.69. The van der Waals surface area contributed by atoms with Crippen LogP contribution in [0.5, 0.6) is 11.5 Å². The third-order valence-electron chi connectivity index (χ3n) is 6.44. The molecule has 2 heteroatoms. The number of rotatable bonds is 0. The predicted molar refractivity (Wildman–Crippen MR) is 121 cm³/mol. The highest BCUT2D eigenvalue weighted by atomic mass is 16.5. The molecule has 4 aromatic rings. The first kappa shape index (κ1) is 18.2. The molecule has 29 heavy (non-hydrogen) atoms. The van der Waals surface area contributed by atoms with Crippen LogP contribution in [0.1, 0.15) is 43.0 Å². The van der Waals surface area contributed by atoms with Gasteiger partial charge in [-0.15, -0.1) is 0 Å². The van der Waals surface area contributed by atoms with E-state index in [2.05, 4.69) is 95.8 Å². The van der Waals surface area contributed by atoms with Crippen molar-refractivity contribution < 1.29 is 9.30 Å². The molecule has 146 valence electrons. The SMILES string of the molecule is Cc1ccc2c(C)c3c(c(C)c2c1)Oc1cc(C(C)(C)C)cc2cc[n+](C)c-3c12. The van der Waals surface area contributed by atoms with E-state index in [9.17, 15) is 0 Å². The minimum atomic E-state index is 0.0674. The third-order valence-corrected chi connectivity index (χ3v) is 6.44. The van der Waals surface area contributed by atoms with Crippen LogP contribution >= 0.6 is 0 Å². The van der Waals surface area contributed by atoms with Crippen LogP contribution in [0.15, 0.2) is 42.6 Å². The number of hydrogen-bond acceptors (Lipinski definition) is 1. The largest absolute Gasteiger partial charge is 0.455 e. The maximum Gasteiger partial charge on any atom is 0.228 e. The van der Waals surface area contributed by atoms with Crippen molar-refractivity contribution in [2.24, 2.45) is 7.05 Å². The predicted octanol–water partition coefficient (Wildman–Crippen LogP) is 6.81. The Labute approximate surface area is 172 Å². The van der Waals surface area contributed by atoms with E-state index in [0.717, 1.165) is 11.5 Å². The minimum absolute atomic E-state index is 0.0674. The number of aromatic nitrogens is 1. The Balaban J connectivity index is 1.96. The lowest BCUT2D eigenvalue weighted by Gasteiger charge is -2.26. The first-order valence-electron chi connectivity index (χ1n) is 10.4. The Morgan fingerprint density at radius 3 is 2.34 bits per heavy atom. The summed E-state index contributed by atoms with van der Waals surface area (Å²) in [6.45, 7) is 13.3. The highest BCUT2D eigenvalue weighted by Crippen LogP contribution is 2.51. The normalized spacial score (nSPS) is 12.9. The van der Waals surface area contributed by atoms with Crippen molar-refractivity contribution in [1.82, 2.24) is 0 Å². The molecule has 0 N–H and O–H groups in total. The van der Waals surface area contributed by atoms with Gasteiger partial charge in [-0.2, -0.15) is 0 Å². The molecule has 0 aliphatic carbocycles. The van der Waals surface area contributed by atoms with Gasteiger partial charge in [0.25, 0.3) is 0 Å². The van der Waals surface area contributed by atoms with Crippen molar-refractivity contribution in [2.45, 2.75) is 47.0 Å². The van der Waals surface area contributed by atoms with Crippen molar-refractivity contribution in [2.75, 3.05) is 0 Å². The zero-order valence-corrected chi connectivity index (χ0v) is 18.4. The standard InChI is InChI=1S/C27H28NO/c1-15-8-9-20-16(2)23-25-24-18(10-11-28(25)7)13-19(27(4,5)6)14-22(24)29-26(23)17(3)21(20)12-15/h8-14H,1-7H3/q+1. The second-order valence-electron chi connectivity index (χ2n) is 9.57. The summed E-state index contributed by atoms with van der Waals surface area (Å²) in [5.41, 5.74) is 7.62.